The quantitative estimate of drug-likeness (QED) is 0.867. The second-order valence-corrected chi connectivity index (χ2v) is 6.54. The van der Waals surface area contributed by atoms with Gasteiger partial charge in [-0.15, -0.1) is 0 Å². The maximum atomic E-state index is 4.25. The van der Waals surface area contributed by atoms with E-state index in [1.807, 2.05) is 17.9 Å². The summed E-state index contributed by atoms with van der Waals surface area (Å²) < 4.78 is 1.88. The smallest absolute Gasteiger partial charge is 0.0522 e. The van der Waals surface area contributed by atoms with E-state index in [-0.39, 0.29) is 0 Å². The van der Waals surface area contributed by atoms with Gasteiger partial charge in [0, 0.05) is 19.3 Å². The molecular formula is C14H25N3. The van der Waals surface area contributed by atoms with Crippen LogP contribution in [0.4, 0.5) is 0 Å². The van der Waals surface area contributed by atoms with Gasteiger partial charge in [-0.25, -0.2) is 0 Å². The van der Waals surface area contributed by atoms with E-state index in [0.717, 1.165) is 12.3 Å². The lowest BCUT2D eigenvalue weighted by Crippen LogP contribution is -2.32. The van der Waals surface area contributed by atoms with Gasteiger partial charge in [-0.3, -0.25) is 4.68 Å². The average Bonchev–Trinajstić information content (AvgIpc) is 2.55. The van der Waals surface area contributed by atoms with E-state index in [4.69, 9.17) is 0 Å². The Morgan fingerprint density at radius 2 is 1.94 bits per heavy atom. The van der Waals surface area contributed by atoms with Crippen molar-refractivity contribution >= 4 is 0 Å². The summed E-state index contributed by atoms with van der Waals surface area (Å²) in [6, 6.07) is 0.546. The molecule has 2 rings (SSSR count). The highest BCUT2D eigenvalue weighted by Crippen LogP contribution is 2.69. The van der Waals surface area contributed by atoms with Crippen molar-refractivity contribution in [3.8, 4) is 0 Å². The average molecular weight is 235 g/mol. The van der Waals surface area contributed by atoms with E-state index in [1.165, 1.54) is 5.56 Å². The monoisotopic (exact) mass is 235 g/mol. The molecule has 1 fully saturated rings. The number of nitrogens with one attached hydrogen (secondary N) is 1. The molecule has 3 nitrogen and oxygen atoms in total. The van der Waals surface area contributed by atoms with Crippen LogP contribution < -0.4 is 5.32 Å². The molecule has 0 amide bonds. The van der Waals surface area contributed by atoms with Crippen LogP contribution in [-0.2, 0) is 13.5 Å². The van der Waals surface area contributed by atoms with Crippen LogP contribution in [0, 0.1) is 16.7 Å². The number of hydrogen-bond acceptors (Lipinski definition) is 2. The first-order valence-corrected chi connectivity index (χ1v) is 6.45. The maximum absolute atomic E-state index is 4.25. The van der Waals surface area contributed by atoms with Crippen molar-refractivity contribution < 1.29 is 0 Å². The Morgan fingerprint density at radius 1 is 1.35 bits per heavy atom. The molecule has 0 aromatic carbocycles. The summed E-state index contributed by atoms with van der Waals surface area (Å²) in [5.41, 5.74) is 2.19. The van der Waals surface area contributed by atoms with Gasteiger partial charge in [-0.05, 0) is 35.8 Å². The van der Waals surface area contributed by atoms with Crippen LogP contribution in [0.3, 0.4) is 0 Å². The molecule has 0 saturated heterocycles. The minimum atomic E-state index is 0.433. The Hall–Kier alpha value is -0.830. The maximum Gasteiger partial charge on any atom is 0.0522 e. The number of likely N-dealkylation sites (N-methyl/N-ethyl adjacent to an activating group) is 1. The second kappa shape index (κ2) is 3.84. The molecule has 0 aliphatic heterocycles. The van der Waals surface area contributed by atoms with Crippen LogP contribution in [-0.4, -0.2) is 22.9 Å². The van der Waals surface area contributed by atoms with Crippen molar-refractivity contribution in [1.82, 2.24) is 15.1 Å². The fourth-order valence-electron chi connectivity index (χ4n) is 3.47. The summed E-state index contributed by atoms with van der Waals surface area (Å²) in [5, 5.41) is 7.74. The zero-order chi connectivity index (χ0) is 12.8. The van der Waals surface area contributed by atoms with Crippen molar-refractivity contribution in [2.24, 2.45) is 23.8 Å². The molecule has 0 spiro atoms. The molecule has 1 aromatic rings. The highest BCUT2D eigenvalue weighted by molar-refractivity contribution is 5.19. The van der Waals surface area contributed by atoms with Crippen LogP contribution in [0.5, 0.6) is 0 Å². The molecule has 1 aliphatic carbocycles. The first-order chi connectivity index (χ1) is 7.80. The summed E-state index contributed by atoms with van der Waals surface area (Å²) in [5.74, 6) is 0.736. The molecule has 1 unspecified atom stereocenters. The zero-order valence-electron chi connectivity index (χ0n) is 11.9. The highest BCUT2D eigenvalue weighted by atomic mass is 15.2. The largest absolute Gasteiger partial charge is 0.316 e. The third-order valence-electron chi connectivity index (χ3n) is 5.12. The molecule has 3 heteroatoms. The van der Waals surface area contributed by atoms with Crippen molar-refractivity contribution in [1.29, 1.82) is 0 Å². The summed E-state index contributed by atoms with van der Waals surface area (Å²) >= 11 is 0. The first kappa shape index (κ1) is 12.6. The van der Waals surface area contributed by atoms with Gasteiger partial charge in [0.2, 0.25) is 0 Å². The Labute approximate surface area is 105 Å². The SMILES string of the molecule is CNC(Cc1cnn(C)c1)C1C(C)(C)C1(C)C. The lowest BCUT2D eigenvalue weighted by atomic mass is 9.99. The van der Waals surface area contributed by atoms with Crippen molar-refractivity contribution in [2.75, 3.05) is 7.05 Å². The second-order valence-electron chi connectivity index (χ2n) is 6.54. The molecule has 1 aliphatic rings. The van der Waals surface area contributed by atoms with Crippen LogP contribution in [0.15, 0.2) is 12.4 Å². The molecule has 0 bridgehead atoms. The molecule has 1 saturated carbocycles. The molecule has 1 aromatic heterocycles. The fourth-order valence-corrected chi connectivity index (χ4v) is 3.47. The molecule has 1 heterocycles. The minimum absolute atomic E-state index is 0.433. The fraction of sp³-hybridized carbons (Fsp3) is 0.786. The molecule has 96 valence electrons. The number of rotatable bonds is 4. The summed E-state index contributed by atoms with van der Waals surface area (Å²) in [7, 11) is 4.05. The van der Waals surface area contributed by atoms with Gasteiger partial charge in [0.05, 0.1) is 6.20 Å². The van der Waals surface area contributed by atoms with E-state index in [0.29, 0.717) is 16.9 Å². The van der Waals surface area contributed by atoms with E-state index in [9.17, 15) is 0 Å². The van der Waals surface area contributed by atoms with E-state index in [1.54, 1.807) is 0 Å². The van der Waals surface area contributed by atoms with Crippen molar-refractivity contribution in [3.63, 3.8) is 0 Å². The molecule has 0 radical (unpaired) electrons. The van der Waals surface area contributed by atoms with Gasteiger partial charge in [0.1, 0.15) is 0 Å². The lowest BCUT2D eigenvalue weighted by molar-refractivity contribution is 0.421. The Balaban J connectivity index is 2.09. The molecule has 17 heavy (non-hydrogen) atoms. The summed E-state index contributed by atoms with van der Waals surface area (Å²) in [4.78, 5) is 0. The predicted molar refractivity (Wildman–Crippen MR) is 70.8 cm³/mol. The van der Waals surface area contributed by atoms with Crippen molar-refractivity contribution in [2.45, 2.75) is 40.2 Å². The van der Waals surface area contributed by atoms with Crippen LogP contribution in [0.25, 0.3) is 0 Å². The number of hydrogen-bond donors (Lipinski definition) is 1. The summed E-state index contributed by atoms with van der Waals surface area (Å²) in [6.07, 6.45) is 5.17. The predicted octanol–water partition coefficient (Wildman–Crippen LogP) is 2.23. The highest BCUT2D eigenvalue weighted by Gasteiger charge is 2.66. The first-order valence-electron chi connectivity index (χ1n) is 6.45. The van der Waals surface area contributed by atoms with Crippen molar-refractivity contribution in [3.05, 3.63) is 18.0 Å². The number of aryl methyl sites for hydroxylation is 1. The van der Waals surface area contributed by atoms with Gasteiger partial charge in [-0.1, -0.05) is 27.7 Å². The Bertz CT molecular complexity index is 389. The van der Waals surface area contributed by atoms with Crippen LogP contribution >= 0.6 is 0 Å². The van der Waals surface area contributed by atoms with E-state index < -0.39 is 0 Å². The van der Waals surface area contributed by atoms with E-state index >= 15 is 0 Å². The topological polar surface area (TPSA) is 29.9 Å². The van der Waals surface area contributed by atoms with E-state index in [2.05, 4.69) is 51.4 Å². The standard InChI is InChI=1S/C14H25N3/c1-13(2)12(14(13,3)4)11(15-5)7-10-8-16-17(6)9-10/h8-9,11-12,15H,7H2,1-6H3. The summed E-state index contributed by atoms with van der Waals surface area (Å²) in [6.45, 7) is 9.52. The molecular weight excluding hydrogens is 210 g/mol. The Morgan fingerprint density at radius 3 is 2.29 bits per heavy atom. The lowest BCUT2D eigenvalue weighted by Gasteiger charge is -2.17. The van der Waals surface area contributed by atoms with Crippen LogP contribution in [0.2, 0.25) is 0 Å². The van der Waals surface area contributed by atoms with Gasteiger partial charge in [-0.2, -0.15) is 5.10 Å². The van der Waals surface area contributed by atoms with Gasteiger partial charge in [0.25, 0.3) is 0 Å². The van der Waals surface area contributed by atoms with Gasteiger partial charge >= 0.3 is 0 Å². The number of nitrogens with zero attached hydrogens (tertiary/aromatic N) is 2. The van der Waals surface area contributed by atoms with Crippen LogP contribution in [0.1, 0.15) is 33.3 Å². The van der Waals surface area contributed by atoms with Gasteiger partial charge in [0.15, 0.2) is 0 Å². The molecule has 1 atom stereocenters. The Kier molecular flexibility index (Phi) is 2.85. The normalized spacial score (nSPS) is 23.6. The number of aromatic nitrogens is 2. The van der Waals surface area contributed by atoms with Gasteiger partial charge < -0.3 is 5.32 Å². The minimum Gasteiger partial charge on any atom is -0.316 e. The molecule has 1 N–H and O–H groups in total. The third kappa shape index (κ3) is 1.90. The third-order valence-corrected chi connectivity index (χ3v) is 5.12. The zero-order valence-corrected chi connectivity index (χ0v) is 11.9.